The van der Waals surface area contributed by atoms with E-state index in [2.05, 4.69) is 36.8 Å². The number of carbonyl (C=O) groups is 1. The van der Waals surface area contributed by atoms with Crippen molar-refractivity contribution < 1.29 is 4.79 Å². The lowest BCUT2D eigenvalue weighted by Gasteiger charge is -2.10. The Labute approximate surface area is 130 Å². The molecule has 0 aromatic carbocycles. The van der Waals surface area contributed by atoms with E-state index in [1.54, 1.807) is 19.9 Å². The Morgan fingerprint density at radius 2 is 2.05 bits per heavy atom. The molecule has 0 aliphatic heterocycles. The van der Waals surface area contributed by atoms with E-state index in [9.17, 15) is 9.59 Å². The van der Waals surface area contributed by atoms with Crippen molar-refractivity contribution in [3.8, 4) is 0 Å². The summed E-state index contributed by atoms with van der Waals surface area (Å²) in [6.45, 7) is 3.54. The second-order valence-electron chi connectivity index (χ2n) is 3.99. The van der Waals surface area contributed by atoms with E-state index >= 15 is 0 Å². The lowest BCUT2D eigenvalue weighted by Crippen LogP contribution is -2.29. The van der Waals surface area contributed by atoms with E-state index in [-0.39, 0.29) is 12.3 Å². The van der Waals surface area contributed by atoms with Gasteiger partial charge in [0.2, 0.25) is 0 Å². The number of aryl methyl sites for hydroxylation is 1. The minimum Gasteiger partial charge on any atom is -0.291 e. The summed E-state index contributed by atoms with van der Waals surface area (Å²) < 4.78 is 3.03. The van der Waals surface area contributed by atoms with Gasteiger partial charge in [0.15, 0.2) is 5.78 Å². The van der Waals surface area contributed by atoms with Crippen molar-refractivity contribution in [3.05, 3.63) is 47.1 Å². The highest BCUT2D eigenvalue weighted by Gasteiger charge is 2.14. The Bertz CT molecular complexity index is 706. The first-order chi connectivity index (χ1) is 8.90. The van der Waals surface area contributed by atoms with Crippen molar-refractivity contribution >= 4 is 49.0 Å². The normalized spacial score (nSPS) is 10.7. The third-order valence-electron chi connectivity index (χ3n) is 2.68. The van der Waals surface area contributed by atoms with Crippen molar-refractivity contribution in [2.75, 3.05) is 0 Å². The van der Waals surface area contributed by atoms with Gasteiger partial charge in [0, 0.05) is 5.69 Å². The Kier molecular flexibility index (Phi) is 4.37. The molecule has 0 saturated heterocycles. The number of hydrogen-bond donors (Lipinski definition) is 0. The molecule has 4 nitrogen and oxygen atoms in total. The van der Waals surface area contributed by atoms with E-state index in [0.717, 1.165) is 8.26 Å². The summed E-state index contributed by atoms with van der Waals surface area (Å²) in [6, 6.07) is 3.56. The fourth-order valence-corrected chi connectivity index (χ4v) is 3.27. The van der Waals surface area contributed by atoms with Gasteiger partial charge in [-0.1, -0.05) is 0 Å². The SMILES string of the molecule is Cc1nc(=O)n(CC(=O)c2ccc(Br)s2)c(C)c1Br. The molecule has 0 aliphatic rings. The highest BCUT2D eigenvalue weighted by Crippen LogP contribution is 2.23. The fourth-order valence-electron chi connectivity index (χ4n) is 1.65. The Morgan fingerprint density at radius 1 is 1.37 bits per heavy atom. The zero-order valence-electron chi connectivity index (χ0n) is 10.2. The summed E-state index contributed by atoms with van der Waals surface area (Å²) in [5.74, 6) is -0.0987. The fraction of sp³-hybridized carbons (Fsp3) is 0.250. The van der Waals surface area contributed by atoms with Gasteiger partial charge in [-0.2, -0.15) is 4.98 Å². The van der Waals surface area contributed by atoms with Gasteiger partial charge in [-0.15, -0.1) is 11.3 Å². The largest absolute Gasteiger partial charge is 0.348 e. The number of hydrogen-bond acceptors (Lipinski definition) is 4. The minimum atomic E-state index is -0.401. The summed E-state index contributed by atoms with van der Waals surface area (Å²) in [7, 11) is 0. The molecule has 0 aliphatic carbocycles. The van der Waals surface area contributed by atoms with E-state index in [0.29, 0.717) is 16.3 Å². The Balaban J connectivity index is 2.37. The molecule has 0 spiro atoms. The van der Waals surface area contributed by atoms with Gasteiger partial charge < -0.3 is 0 Å². The molecule has 0 radical (unpaired) electrons. The molecule has 0 amide bonds. The van der Waals surface area contributed by atoms with Crippen LogP contribution in [0.1, 0.15) is 21.1 Å². The van der Waals surface area contributed by atoms with Gasteiger partial charge in [-0.25, -0.2) is 4.79 Å². The minimum absolute atomic E-state index is 0.00347. The average Bonchev–Trinajstić information content (AvgIpc) is 2.78. The molecule has 0 bridgehead atoms. The number of rotatable bonds is 3. The monoisotopic (exact) mass is 404 g/mol. The van der Waals surface area contributed by atoms with Crippen LogP contribution in [0.2, 0.25) is 0 Å². The molecule has 0 unspecified atom stereocenters. The molecule has 19 heavy (non-hydrogen) atoms. The third-order valence-corrected chi connectivity index (χ3v) is 5.50. The molecule has 2 aromatic rings. The van der Waals surface area contributed by atoms with Crippen LogP contribution in [0.3, 0.4) is 0 Å². The van der Waals surface area contributed by atoms with Gasteiger partial charge in [0.1, 0.15) is 0 Å². The van der Waals surface area contributed by atoms with Crippen LogP contribution < -0.4 is 5.69 Å². The van der Waals surface area contributed by atoms with Crippen LogP contribution in [0.15, 0.2) is 25.2 Å². The maximum atomic E-state index is 12.1. The van der Waals surface area contributed by atoms with Crippen molar-refractivity contribution in [3.63, 3.8) is 0 Å². The van der Waals surface area contributed by atoms with Gasteiger partial charge in [0.25, 0.3) is 0 Å². The summed E-state index contributed by atoms with van der Waals surface area (Å²) in [6.07, 6.45) is 0. The van der Waals surface area contributed by atoms with Gasteiger partial charge in [0.05, 0.1) is 25.4 Å². The molecule has 0 fully saturated rings. The number of carbonyl (C=O) groups excluding carboxylic acids is 1. The maximum absolute atomic E-state index is 12.1. The maximum Gasteiger partial charge on any atom is 0.348 e. The molecule has 0 N–H and O–H groups in total. The van der Waals surface area contributed by atoms with E-state index in [1.807, 2.05) is 6.07 Å². The van der Waals surface area contributed by atoms with Crippen LogP contribution in [0, 0.1) is 13.8 Å². The third kappa shape index (κ3) is 3.04. The van der Waals surface area contributed by atoms with Crippen LogP contribution in [-0.2, 0) is 6.54 Å². The Morgan fingerprint density at radius 3 is 2.63 bits per heavy atom. The summed E-state index contributed by atoms with van der Waals surface area (Å²) in [5.41, 5.74) is 0.939. The second-order valence-corrected chi connectivity index (χ2v) is 7.25. The molecule has 0 saturated carbocycles. The first kappa shape index (κ1) is 14.6. The predicted molar refractivity (Wildman–Crippen MR) is 82.0 cm³/mol. The molecule has 100 valence electrons. The lowest BCUT2D eigenvalue weighted by atomic mass is 10.3. The van der Waals surface area contributed by atoms with Gasteiger partial charge >= 0.3 is 5.69 Å². The Hall–Kier alpha value is -0.790. The smallest absolute Gasteiger partial charge is 0.291 e. The van der Waals surface area contributed by atoms with Crippen molar-refractivity contribution in [2.45, 2.75) is 20.4 Å². The topological polar surface area (TPSA) is 52.0 Å². The molecule has 2 heterocycles. The molecular weight excluding hydrogens is 396 g/mol. The second kappa shape index (κ2) is 5.68. The summed E-state index contributed by atoms with van der Waals surface area (Å²) in [5, 5.41) is 0. The van der Waals surface area contributed by atoms with Gasteiger partial charge in [-0.05, 0) is 57.8 Å². The zero-order valence-corrected chi connectivity index (χ0v) is 14.2. The standard InChI is InChI=1S/C12H10Br2N2O2S/c1-6-11(14)7(2)16(12(18)15-6)5-8(17)9-3-4-10(13)19-9/h3-4H,5H2,1-2H3. The number of nitrogens with zero attached hydrogens (tertiary/aromatic N) is 2. The molecule has 7 heteroatoms. The molecule has 2 aromatic heterocycles. The lowest BCUT2D eigenvalue weighted by molar-refractivity contribution is 0.0973. The molecule has 2 rings (SSSR count). The zero-order chi connectivity index (χ0) is 14.2. The van der Waals surface area contributed by atoms with Gasteiger partial charge in [-0.3, -0.25) is 9.36 Å². The number of aromatic nitrogens is 2. The first-order valence-corrected chi connectivity index (χ1v) is 7.82. The van der Waals surface area contributed by atoms with Crippen molar-refractivity contribution in [2.24, 2.45) is 0 Å². The molecule has 0 atom stereocenters. The van der Waals surface area contributed by atoms with Crippen LogP contribution in [0.25, 0.3) is 0 Å². The highest BCUT2D eigenvalue weighted by molar-refractivity contribution is 9.11. The quantitative estimate of drug-likeness (QED) is 0.736. The van der Waals surface area contributed by atoms with Crippen LogP contribution in [-0.4, -0.2) is 15.3 Å². The van der Waals surface area contributed by atoms with E-state index in [1.165, 1.54) is 15.9 Å². The number of halogens is 2. The first-order valence-electron chi connectivity index (χ1n) is 5.42. The molecular formula is C12H10Br2N2O2S. The van der Waals surface area contributed by atoms with E-state index < -0.39 is 5.69 Å². The van der Waals surface area contributed by atoms with Crippen LogP contribution >= 0.6 is 43.2 Å². The number of thiophene rings is 1. The number of Topliss-reactive ketones (excluding diaryl/α,β-unsaturated/α-hetero) is 1. The van der Waals surface area contributed by atoms with Crippen LogP contribution in [0.5, 0.6) is 0 Å². The number of ketones is 1. The van der Waals surface area contributed by atoms with Crippen LogP contribution in [0.4, 0.5) is 0 Å². The van der Waals surface area contributed by atoms with E-state index in [4.69, 9.17) is 0 Å². The summed E-state index contributed by atoms with van der Waals surface area (Å²) in [4.78, 5) is 28.5. The summed E-state index contributed by atoms with van der Waals surface area (Å²) >= 11 is 8.04. The van der Waals surface area contributed by atoms with Crippen molar-refractivity contribution in [1.29, 1.82) is 0 Å². The highest BCUT2D eigenvalue weighted by atomic mass is 79.9. The predicted octanol–water partition coefficient (Wildman–Crippen LogP) is 3.33. The van der Waals surface area contributed by atoms with Crippen molar-refractivity contribution in [1.82, 2.24) is 9.55 Å². The average molecular weight is 406 g/mol.